The van der Waals surface area contributed by atoms with Crippen LogP contribution in [0.4, 0.5) is 0 Å². The summed E-state index contributed by atoms with van der Waals surface area (Å²) in [6.45, 7) is 3.84. The number of nitriles is 1. The summed E-state index contributed by atoms with van der Waals surface area (Å²) >= 11 is 0. The Labute approximate surface area is 95.6 Å². The van der Waals surface area contributed by atoms with Gasteiger partial charge in [-0.3, -0.25) is 0 Å². The smallest absolute Gasteiger partial charge is 0.0781 e. The van der Waals surface area contributed by atoms with Crippen molar-refractivity contribution in [2.75, 3.05) is 0 Å². The quantitative estimate of drug-likeness (QED) is 0.809. The molecular formula is C14H14N2. The minimum atomic E-state index is -0.441. The molecule has 0 aliphatic heterocycles. The third-order valence-electron chi connectivity index (χ3n) is 2.77. The van der Waals surface area contributed by atoms with Gasteiger partial charge in [0.1, 0.15) is 0 Å². The summed E-state index contributed by atoms with van der Waals surface area (Å²) in [7, 11) is 0. The van der Waals surface area contributed by atoms with Gasteiger partial charge < -0.3 is 4.98 Å². The molecule has 1 heterocycles. The number of aromatic nitrogens is 1. The number of hydrogen-bond donors (Lipinski definition) is 1. The highest BCUT2D eigenvalue weighted by Gasteiger charge is 2.21. The Morgan fingerprint density at radius 1 is 1.19 bits per heavy atom. The molecule has 1 aromatic carbocycles. The lowest BCUT2D eigenvalue weighted by Crippen LogP contribution is -2.12. The van der Waals surface area contributed by atoms with E-state index in [2.05, 4.69) is 23.2 Å². The second kappa shape index (κ2) is 3.86. The number of rotatable bonds is 2. The molecule has 0 atom stereocenters. The first kappa shape index (κ1) is 10.5. The predicted octanol–water partition coefficient (Wildman–Crippen LogP) is 3.48. The highest BCUT2D eigenvalue weighted by molar-refractivity contribution is 5.61. The zero-order valence-corrected chi connectivity index (χ0v) is 9.49. The van der Waals surface area contributed by atoms with E-state index in [1.54, 1.807) is 0 Å². The first-order valence-corrected chi connectivity index (χ1v) is 5.29. The highest BCUT2D eigenvalue weighted by Crippen LogP contribution is 2.26. The molecule has 1 aromatic heterocycles. The zero-order valence-electron chi connectivity index (χ0n) is 9.49. The van der Waals surface area contributed by atoms with Crippen LogP contribution in [-0.4, -0.2) is 4.98 Å². The number of nitrogens with zero attached hydrogens (tertiary/aromatic N) is 1. The molecule has 80 valence electrons. The number of benzene rings is 1. The Morgan fingerprint density at radius 2 is 1.88 bits per heavy atom. The zero-order chi connectivity index (χ0) is 11.6. The van der Waals surface area contributed by atoms with Gasteiger partial charge in [-0.2, -0.15) is 5.26 Å². The van der Waals surface area contributed by atoms with E-state index in [1.807, 2.05) is 44.3 Å². The summed E-state index contributed by atoms with van der Waals surface area (Å²) < 4.78 is 0. The van der Waals surface area contributed by atoms with Gasteiger partial charge in [-0.25, -0.2) is 0 Å². The Kier molecular flexibility index (Phi) is 2.54. The minimum absolute atomic E-state index is 0.441. The third kappa shape index (κ3) is 1.85. The molecule has 2 aromatic rings. The largest absolute Gasteiger partial charge is 0.361 e. The van der Waals surface area contributed by atoms with E-state index in [-0.39, 0.29) is 0 Å². The van der Waals surface area contributed by atoms with Crippen LogP contribution in [0.5, 0.6) is 0 Å². The van der Waals surface area contributed by atoms with Gasteiger partial charge in [0, 0.05) is 11.9 Å². The summed E-state index contributed by atoms with van der Waals surface area (Å²) in [5.74, 6) is 0. The molecule has 0 spiro atoms. The van der Waals surface area contributed by atoms with Crippen molar-refractivity contribution in [2.45, 2.75) is 19.3 Å². The Balaban J connectivity index is 2.39. The Morgan fingerprint density at radius 3 is 2.50 bits per heavy atom. The lowest BCUT2D eigenvalue weighted by molar-refractivity contribution is 0.688. The Bertz CT molecular complexity index is 515. The topological polar surface area (TPSA) is 39.6 Å². The van der Waals surface area contributed by atoms with Crippen molar-refractivity contribution in [3.63, 3.8) is 0 Å². The molecule has 0 radical (unpaired) electrons. The fourth-order valence-corrected chi connectivity index (χ4v) is 1.60. The molecule has 0 bridgehead atoms. The molecule has 0 saturated heterocycles. The van der Waals surface area contributed by atoms with Crippen molar-refractivity contribution in [2.24, 2.45) is 0 Å². The van der Waals surface area contributed by atoms with Gasteiger partial charge in [0.2, 0.25) is 0 Å². The molecule has 16 heavy (non-hydrogen) atoms. The SMILES string of the molecule is CC(C)(C#N)c1c[nH]c(-c2ccccc2)c1. The van der Waals surface area contributed by atoms with Crippen LogP contribution in [0.3, 0.4) is 0 Å². The summed E-state index contributed by atoms with van der Waals surface area (Å²) in [6.07, 6.45) is 1.91. The van der Waals surface area contributed by atoms with E-state index >= 15 is 0 Å². The second-order valence-electron chi connectivity index (χ2n) is 4.40. The van der Waals surface area contributed by atoms with E-state index in [4.69, 9.17) is 5.26 Å². The molecule has 0 unspecified atom stereocenters. The van der Waals surface area contributed by atoms with E-state index in [9.17, 15) is 0 Å². The van der Waals surface area contributed by atoms with E-state index in [0.717, 1.165) is 16.8 Å². The van der Waals surface area contributed by atoms with Crippen molar-refractivity contribution in [1.82, 2.24) is 4.98 Å². The number of nitrogens with one attached hydrogen (secondary N) is 1. The van der Waals surface area contributed by atoms with Gasteiger partial charge in [-0.05, 0) is 31.0 Å². The molecule has 0 aliphatic carbocycles. The van der Waals surface area contributed by atoms with Crippen LogP contribution < -0.4 is 0 Å². The molecule has 2 heteroatoms. The van der Waals surface area contributed by atoms with Crippen molar-refractivity contribution >= 4 is 0 Å². The minimum Gasteiger partial charge on any atom is -0.361 e. The number of hydrogen-bond acceptors (Lipinski definition) is 1. The van der Waals surface area contributed by atoms with E-state index in [0.29, 0.717) is 0 Å². The Hall–Kier alpha value is -2.01. The fourth-order valence-electron chi connectivity index (χ4n) is 1.60. The third-order valence-corrected chi connectivity index (χ3v) is 2.77. The van der Waals surface area contributed by atoms with Crippen molar-refractivity contribution in [3.8, 4) is 17.3 Å². The molecule has 0 aliphatic rings. The average Bonchev–Trinajstić information content (AvgIpc) is 2.80. The normalized spacial score (nSPS) is 11.1. The van der Waals surface area contributed by atoms with Crippen LogP contribution in [0.1, 0.15) is 19.4 Å². The van der Waals surface area contributed by atoms with Crippen LogP contribution in [0.25, 0.3) is 11.3 Å². The van der Waals surface area contributed by atoms with E-state index in [1.165, 1.54) is 0 Å². The maximum atomic E-state index is 9.06. The van der Waals surface area contributed by atoms with Crippen LogP contribution >= 0.6 is 0 Å². The van der Waals surface area contributed by atoms with Gasteiger partial charge in [-0.15, -0.1) is 0 Å². The first-order valence-electron chi connectivity index (χ1n) is 5.29. The molecular weight excluding hydrogens is 196 g/mol. The molecule has 1 N–H and O–H groups in total. The number of H-pyrrole nitrogens is 1. The summed E-state index contributed by atoms with van der Waals surface area (Å²) in [5, 5.41) is 9.06. The highest BCUT2D eigenvalue weighted by atomic mass is 14.7. The van der Waals surface area contributed by atoms with Crippen LogP contribution in [-0.2, 0) is 5.41 Å². The second-order valence-corrected chi connectivity index (χ2v) is 4.40. The summed E-state index contributed by atoms with van der Waals surface area (Å²) in [5.41, 5.74) is 2.78. The lowest BCUT2D eigenvalue weighted by atomic mass is 9.88. The summed E-state index contributed by atoms with van der Waals surface area (Å²) in [4.78, 5) is 3.21. The predicted molar refractivity (Wildman–Crippen MR) is 64.9 cm³/mol. The fraction of sp³-hybridized carbons (Fsp3) is 0.214. The van der Waals surface area contributed by atoms with Crippen LogP contribution in [0.2, 0.25) is 0 Å². The van der Waals surface area contributed by atoms with Gasteiger partial charge >= 0.3 is 0 Å². The van der Waals surface area contributed by atoms with Gasteiger partial charge in [-0.1, -0.05) is 30.3 Å². The van der Waals surface area contributed by atoms with Crippen molar-refractivity contribution in [1.29, 1.82) is 5.26 Å². The molecule has 0 amide bonds. The monoisotopic (exact) mass is 210 g/mol. The standard InChI is InChI=1S/C14H14N2/c1-14(2,10-15)12-8-13(16-9-12)11-6-4-3-5-7-11/h3-9,16H,1-2H3. The molecule has 2 rings (SSSR count). The lowest BCUT2D eigenvalue weighted by Gasteiger charge is -2.11. The van der Waals surface area contributed by atoms with Crippen LogP contribution in [0, 0.1) is 11.3 Å². The van der Waals surface area contributed by atoms with E-state index < -0.39 is 5.41 Å². The summed E-state index contributed by atoms with van der Waals surface area (Å²) in [6, 6.07) is 14.4. The van der Waals surface area contributed by atoms with Gasteiger partial charge in [0.25, 0.3) is 0 Å². The van der Waals surface area contributed by atoms with Gasteiger partial charge in [0.15, 0.2) is 0 Å². The maximum Gasteiger partial charge on any atom is 0.0781 e. The first-order chi connectivity index (χ1) is 7.63. The average molecular weight is 210 g/mol. The maximum absolute atomic E-state index is 9.06. The van der Waals surface area contributed by atoms with Gasteiger partial charge in [0.05, 0.1) is 11.5 Å². The number of aromatic amines is 1. The molecule has 2 nitrogen and oxygen atoms in total. The van der Waals surface area contributed by atoms with Crippen molar-refractivity contribution < 1.29 is 0 Å². The van der Waals surface area contributed by atoms with Crippen LogP contribution in [0.15, 0.2) is 42.6 Å². The molecule has 0 saturated carbocycles. The molecule has 0 fully saturated rings. The van der Waals surface area contributed by atoms with Crippen molar-refractivity contribution in [3.05, 3.63) is 48.2 Å².